The Bertz CT molecular complexity index is 1080. The first-order valence-electron chi connectivity index (χ1n) is 10.5. The van der Waals surface area contributed by atoms with Gasteiger partial charge in [0.15, 0.2) is 11.7 Å². The topological polar surface area (TPSA) is 75.9 Å². The van der Waals surface area contributed by atoms with Gasteiger partial charge in [-0.1, -0.05) is 36.0 Å². The van der Waals surface area contributed by atoms with E-state index < -0.39 is 6.10 Å². The van der Waals surface area contributed by atoms with Crippen LogP contribution in [-0.2, 0) is 9.59 Å². The number of likely N-dealkylation sites (tertiary alicyclic amines) is 1. The highest BCUT2D eigenvalue weighted by molar-refractivity contribution is 7.99. The molecule has 160 valence electrons. The van der Waals surface area contributed by atoms with Gasteiger partial charge in [0.2, 0.25) is 5.91 Å². The maximum absolute atomic E-state index is 13.1. The van der Waals surface area contributed by atoms with E-state index in [-0.39, 0.29) is 24.1 Å². The molecule has 31 heavy (non-hydrogen) atoms. The van der Waals surface area contributed by atoms with E-state index >= 15 is 0 Å². The molecule has 2 aliphatic heterocycles. The standard InChI is InChI=1S/C23H23N3O4S/c27-21(15-31-23-24-16-8-2-4-10-18(16)30-23)26-14-20(22(28)25-12-6-1-7-13-25)29-19-11-5-3-9-17(19)26/h2-5,8-11,20H,1,6-7,12-15H2/t20-/m1/s1. The molecule has 0 unspecified atom stereocenters. The number of amides is 2. The van der Waals surface area contributed by atoms with Gasteiger partial charge in [-0.25, -0.2) is 4.98 Å². The van der Waals surface area contributed by atoms with E-state index in [0.717, 1.165) is 37.9 Å². The van der Waals surface area contributed by atoms with Crippen LogP contribution in [0.1, 0.15) is 19.3 Å². The van der Waals surface area contributed by atoms with Crippen LogP contribution in [0.5, 0.6) is 5.75 Å². The largest absolute Gasteiger partial charge is 0.476 e. The molecule has 0 spiro atoms. The highest BCUT2D eigenvalue weighted by Crippen LogP contribution is 2.34. The first-order valence-corrected chi connectivity index (χ1v) is 11.5. The van der Waals surface area contributed by atoms with Crippen molar-refractivity contribution in [3.63, 3.8) is 0 Å². The summed E-state index contributed by atoms with van der Waals surface area (Å²) < 4.78 is 11.7. The van der Waals surface area contributed by atoms with Crippen molar-refractivity contribution in [2.24, 2.45) is 0 Å². The summed E-state index contributed by atoms with van der Waals surface area (Å²) in [4.78, 5) is 34.1. The maximum Gasteiger partial charge on any atom is 0.265 e. The van der Waals surface area contributed by atoms with Gasteiger partial charge in [-0.3, -0.25) is 9.59 Å². The third kappa shape index (κ3) is 4.12. The SMILES string of the molecule is O=C([C@H]1CN(C(=O)CSc2nc3ccccc3o2)c2ccccc2O1)N1CCCCC1. The number of carbonyl (C=O) groups excluding carboxylic acids is 2. The number of benzene rings is 2. The van der Waals surface area contributed by atoms with Crippen molar-refractivity contribution in [1.29, 1.82) is 0 Å². The Kier molecular flexibility index (Phi) is 5.55. The second kappa shape index (κ2) is 8.63. The molecule has 1 fully saturated rings. The molecule has 3 aromatic rings. The van der Waals surface area contributed by atoms with Crippen LogP contribution < -0.4 is 9.64 Å². The van der Waals surface area contributed by atoms with Gasteiger partial charge in [-0.05, 0) is 43.5 Å². The highest BCUT2D eigenvalue weighted by Gasteiger charge is 2.36. The zero-order valence-corrected chi connectivity index (χ0v) is 17.8. The normalized spacial score (nSPS) is 18.5. The Morgan fingerprint density at radius 3 is 2.65 bits per heavy atom. The van der Waals surface area contributed by atoms with E-state index in [1.165, 1.54) is 11.8 Å². The van der Waals surface area contributed by atoms with E-state index in [0.29, 0.717) is 22.2 Å². The van der Waals surface area contributed by atoms with Crippen LogP contribution in [0, 0.1) is 0 Å². The smallest absolute Gasteiger partial charge is 0.265 e. The zero-order chi connectivity index (χ0) is 21.2. The molecule has 3 heterocycles. The van der Waals surface area contributed by atoms with Gasteiger partial charge in [-0.15, -0.1) is 0 Å². The highest BCUT2D eigenvalue weighted by atomic mass is 32.2. The van der Waals surface area contributed by atoms with Gasteiger partial charge in [0, 0.05) is 13.1 Å². The molecular weight excluding hydrogens is 414 g/mol. The number of thioether (sulfide) groups is 1. The van der Waals surface area contributed by atoms with Gasteiger partial charge in [0.1, 0.15) is 11.3 Å². The Morgan fingerprint density at radius 2 is 1.81 bits per heavy atom. The predicted molar refractivity (Wildman–Crippen MR) is 118 cm³/mol. The van der Waals surface area contributed by atoms with Crippen molar-refractivity contribution in [3.05, 3.63) is 48.5 Å². The third-order valence-corrected chi connectivity index (χ3v) is 6.42. The van der Waals surface area contributed by atoms with Crippen LogP contribution in [0.25, 0.3) is 11.1 Å². The predicted octanol–water partition coefficient (Wildman–Crippen LogP) is 3.73. The fourth-order valence-electron chi connectivity index (χ4n) is 4.03. The average Bonchev–Trinajstić information content (AvgIpc) is 3.25. The number of hydrogen-bond acceptors (Lipinski definition) is 6. The third-order valence-electron chi connectivity index (χ3n) is 5.61. The monoisotopic (exact) mass is 437 g/mol. The molecule has 8 heteroatoms. The minimum absolute atomic E-state index is 0.0430. The summed E-state index contributed by atoms with van der Waals surface area (Å²) in [7, 11) is 0. The van der Waals surface area contributed by atoms with Crippen LogP contribution in [0.2, 0.25) is 0 Å². The number of rotatable bonds is 4. The Morgan fingerprint density at radius 1 is 1.03 bits per heavy atom. The van der Waals surface area contributed by atoms with Crippen molar-refractivity contribution in [3.8, 4) is 5.75 Å². The molecule has 0 saturated carbocycles. The van der Waals surface area contributed by atoms with Crippen molar-refractivity contribution in [1.82, 2.24) is 9.88 Å². The zero-order valence-electron chi connectivity index (χ0n) is 17.0. The van der Waals surface area contributed by atoms with E-state index in [1.54, 1.807) is 11.0 Å². The summed E-state index contributed by atoms with van der Waals surface area (Å²) in [5, 5.41) is 0.456. The number of piperidine rings is 1. The van der Waals surface area contributed by atoms with E-state index in [9.17, 15) is 9.59 Å². The Labute approximate surface area is 184 Å². The van der Waals surface area contributed by atoms with Crippen molar-refractivity contribution < 1.29 is 18.7 Å². The van der Waals surface area contributed by atoms with E-state index in [4.69, 9.17) is 9.15 Å². The van der Waals surface area contributed by atoms with Crippen LogP contribution in [-0.4, -0.2) is 53.2 Å². The minimum Gasteiger partial charge on any atom is -0.476 e. The Balaban J connectivity index is 1.32. The number of aromatic nitrogens is 1. The number of fused-ring (bicyclic) bond motifs is 2. The molecule has 0 bridgehead atoms. The fourth-order valence-corrected chi connectivity index (χ4v) is 4.75. The van der Waals surface area contributed by atoms with E-state index in [2.05, 4.69) is 4.98 Å². The molecule has 2 aliphatic rings. The van der Waals surface area contributed by atoms with Crippen LogP contribution in [0.15, 0.2) is 58.2 Å². The molecule has 2 aromatic carbocycles. The maximum atomic E-state index is 13.1. The van der Waals surface area contributed by atoms with Crippen LogP contribution in [0.3, 0.4) is 0 Å². The summed E-state index contributed by atoms with van der Waals surface area (Å²) in [5.41, 5.74) is 2.15. The number of oxazole rings is 1. The van der Waals surface area contributed by atoms with Crippen LogP contribution in [0.4, 0.5) is 5.69 Å². The fraction of sp³-hybridized carbons (Fsp3) is 0.348. The average molecular weight is 438 g/mol. The minimum atomic E-state index is -0.689. The molecule has 7 nitrogen and oxygen atoms in total. The summed E-state index contributed by atoms with van der Waals surface area (Å²) in [6, 6.07) is 14.9. The van der Waals surface area contributed by atoms with Crippen molar-refractivity contribution in [2.45, 2.75) is 30.6 Å². The van der Waals surface area contributed by atoms with Crippen LogP contribution >= 0.6 is 11.8 Å². The quantitative estimate of drug-likeness (QED) is 0.579. The number of ether oxygens (including phenoxy) is 1. The van der Waals surface area contributed by atoms with Gasteiger partial charge in [0.25, 0.3) is 11.1 Å². The molecule has 1 aromatic heterocycles. The molecule has 0 N–H and O–H groups in total. The molecular formula is C23H23N3O4S. The lowest BCUT2D eigenvalue weighted by Crippen LogP contribution is -2.53. The number of carbonyl (C=O) groups is 2. The summed E-state index contributed by atoms with van der Waals surface area (Å²) in [6.45, 7) is 1.71. The summed E-state index contributed by atoms with van der Waals surface area (Å²) in [5.74, 6) is 0.563. The first-order chi connectivity index (χ1) is 15.2. The number of nitrogens with zero attached hydrogens (tertiary/aromatic N) is 3. The summed E-state index contributed by atoms with van der Waals surface area (Å²) >= 11 is 1.26. The molecule has 0 radical (unpaired) electrons. The second-order valence-electron chi connectivity index (χ2n) is 7.70. The van der Waals surface area contributed by atoms with Gasteiger partial charge < -0.3 is 19.0 Å². The molecule has 1 saturated heterocycles. The Hall–Kier alpha value is -3.00. The number of para-hydroxylation sites is 4. The lowest BCUT2D eigenvalue weighted by molar-refractivity contribution is -0.139. The summed E-state index contributed by atoms with van der Waals surface area (Å²) in [6.07, 6.45) is 2.49. The van der Waals surface area contributed by atoms with Crippen molar-refractivity contribution >= 4 is 40.4 Å². The molecule has 0 aliphatic carbocycles. The molecule has 5 rings (SSSR count). The van der Waals surface area contributed by atoms with E-state index in [1.807, 2.05) is 47.4 Å². The number of anilines is 1. The van der Waals surface area contributed by atoms with Crippen molar-refractivity contribution in [2.75, 3.05) is 30.3 Å². The first kappa shape index (κ1) is 19.9. The molecule has 2 amide bonds. The lowest BCUT2D eigenvalue weighted by Gasteiger charge is -2.37. The molecule has 1 atom stereocenters. The van der Waals surface area contributed by atoms with Gasteiger partial charge in [0.05, 0.1) is 18.0 Å². The second-order valence-corrected chi connectivity index (χ2v) is 8.63. The van der Waals surface area contributed by atoms with Gasteiger partial charge in [-0.2, -0.15) is 0 Å². The lowest BCUT2D eigenvalue weighted by atomic mass is 10.1. The number of hydrogen-bond donors (Lipinski definition) is 0. The van der Waals surface area contributed by atoms with Gasteiger partial charge >= 0.3 is 0 Å².